The maximum Gasteiger partial charge on any atom is 0.340 e. The van der Waals surface area contributed by atoms with Gasteiger partial charge in [-0.05, 0) is 35.4 Å². The fourth-order valence-electron chi connectivity index (χ4n) is 1.94. The van der Waals surface area contributed by atoms with Crippen molar-refractivity contribution in [2.24, 2.45) is 0 Å². The van der Waals surface area contributed by atoms with Crippen molar-refractivity contribution in [2.75, 3.05) is 14.2 Å². The highest BCUT2D eigenvalue weighted by molar-refractivity contribution is 5.91. The third-order valence-corrected chi connectivity index (χ3v) is 3.08. The zero-order chi connectivity index (χ0) is 16.3. The smallest absolute Gasteiger partial charge is 0.340 e. The Kier molecular flexibility index (Phi) is 4.50. The van der Waals surface area contributed by atoms with Gasteiger partial charge in [0.2, 0.25) is 0 Å². The van der Waals surface area contributed by atoms with Gasteiger partial charge in [0.05, 0.1) is 25.3 Å². The van der Waals surface area contributed by atoms with E-state index < -0.39 is 23.6 Å². The molecule has 0 unspecified atom stereocenters. The summed E-state index contributed by atoms with van der Waals surface area (Å²) < 4.78 is 36.6. The first-order valence-electron chi connectivity index (χ1n) is 6.24. The summed E-state index contributed by atoms with van der Waals surface area (Å²) in [7, 11) is 2.30. The molecule has 0 aromatic heterocycles. The largest absolute Gasteiger partial charge is 0.465 e. The van der Waals surface area contributed by atoms with Crippen LogP contribution in [0.15, 0.2) is 36.4 Å². The maximum atomic E-state index is 13.9. The van der Waals surface area contributed by atoms with Crippen LogP contribution in [0.5, 0.6) is 0 Å². The molecule has 0 N–H and O–H groups in total. The fourth-order valence-corrected chi connectivity index (χ4v) is 1.94. The van der Waals surface area contributed by atoms with E-state index >= 15 is 0 Å². The Morgan fingerprint density at radius 1 is 0.773 bits per heavy atom. The van der Waals surface area contributed by atoms with E-state index in [1.54, 1.807) is 0 Å². The number of benzene rings is 2. The Hall–Kier alpha value is -2.76. The average molecular weight is 306 g/mol. The monoisotopic (exact) mass is 306 g/mol. The van der Waals surface area contributed by atoms with Crippen molar-refractivity contribution in [1.82, 2.24) is 0 Å². The summed E-state index contributed by atoms with van der Waals surface area (Å²) in [6, 6.07) is 7.62. The van der Waals surface area contributed by atoms with Crippen molar-refractivity contribution in [3.8, 4) is 11.1 Å². The Bertz CT molecular complexity index is 677. The topological polar surface area (TPSA) is 52.6 Å². The zero-order valence-electron chi connectivity index (χ0n) is 11.9. The number of methoxy groups -OCH3 is 2. The third-order valence-electron chi connectivity index (χ3n) is 3.08. The second-order valence-electron chi connectivity index (χ2n) is 4.37. The average Bonchev–Trinajstić information content (AvgIpc) is 2.53. The van der Waals surface area contributed by atoms with Crippen molar-refractivity contribution in [1.29, 1.82) is 0 Å². The predicted molar refractivity (Wildman–Crippen MR) is 74.5 cm³/mol. The van der Waals surface area contributed by atoms with Crippen molar-refractivity contribution in [3.63, 3.8) is 0 Å². The minimum Gasteiger partial charge on any atom is -0.465 e. The van der Waals surface area contributed by atoms with Crippen LogP contribution in [0.4, 0.5) is 8.78 Å². The van der Waals surface area contributed by atoms with Crippen LogP contribution < -0.4 is 0 Å². The van der Waals surface area contributed by atoms with E-state index in [9.17, 15) is 18.4 Å². The molecule has 0 aliphatic heterocycles. The van der Waals surface area contributed by atoms with E-state index in [1.165, 1.54) is 24.3 Å². The number of hydrogen-bond donors (Lipinski definition) is 0. The molecule has 0 aliphatic carbocycles. The van der Waals surface area contributed by atoms with Crippen LogP contribution in [-0.4, -0.2) is 26.2 Å². The van der Waals surface area contributed by atoms with E-state index in [1.807, 2.05) is 0 Å². The molecular formula is C16H12F2O4. The highest BCUT2D eigenvalue weighted by atomic mass is 19.1. The standard InChI is InChI=1S/C16H12F2O4/c1-21-15(19)11-5-3-9(7-13(11)17)10-4-6-12(14(18)8-10)16(20)22-2/h3-8H,1-2H3. The van der Waals surface area contributed by atoms with Gasteiger partial charge in [-0.1, -0.05) is 12.1 Å². The highest BCUT2D eigenvalue weighted by Gasteiger charge is 2.15. The van der Waals surface area contributed by atoms with E-state index in [-0.39, 0.29) is 11.1 Å². The second kappa shape index (κ2) is 6.34. The molecule has 0 aliphatic rings. The molecule has 0 amide bonds. The summed E-state index contributed by atoms with van der Waals surface area (Å²) in [5.74, 6) is -3.14. The molecule has 114 valence electrons. The molecule has 0 bridgehead atoms. The Morgan fingerprint density at radius 3 is 1.41 bits per heavy atom. The van der Waals surface area contributed by atoms with E-state index in [0.29, 0.717) is 11.1 Å². The SMILES string of the molecule is COC(=O)c1ccc(-c2ccc(C(=O)OC)c(F)c2)cc1F. The summed E-state index contributed by atoms with van der Waals surface area (Å²) in [6.45, 7) is 0. The molecule has 2 rings (SSSR count). The van der Waals surface area contributed by atoms with Crippen LogP contribution >= 0.6 is 0 Å². The van der Waals surface area contributed by atoms with Gasteiger partial charge in [0.15, 0.2) is 0 Å². The van der Waals surface area contributed by atoms with E-state index in [4.69, 9.17) is 0 Å². The number of carbonyl (C=O) groups excluding carboxylic acids is 2. The Balaban J connectivity index is 2.41. The summed E-state index contributed by atoms with van der Waals surface area (Å²) in [5.41, 5.74) is 0.303. The van der Waals surface area contributed by atoms with Crippen LogP contribution in [0, 0.1) is 11.6 Å². The third kappa shape index (κ3) is 2.95. The van der Waals surface area contributed by atoms with Crippen molar-refractivity contribution in [2.45, 2.75) is 0 Å². The molecule has 0 saturated heterocycles. The molecule has 0 saturated carbocycles. The lowest BCUT2D eigenvalue weighted by atomic mass is 10.0. The van der Waals surface area contributed by atoms with Crippen LogP contribution in [-0.2, 0) is 9.47 Å². The van der Waals surface area contributed by atoms with Gasteiger partial charge in [-0.15, -0.1) is 0 Å². The lowest BCUT2D eigenvalue weighted by Gasteiger charge is -2.07. The minimum atomic E-state index is -0.795. The number of halogens is 2. The molecule has 2 aromatic rings. The van der Waals surface area contributed by atoms with Gasteiger partial charge in [-0.2, -0.15) is 0 Å². The van der Waals surface area contributed by atoms with Gasteiger partial charge in [0.25, 0.3) is 0 Å². The molecule has 6 heteroatoms. The van der Waals surface area contributed by atoms with Crippen molar-refractivity contribution < 1.29 is 27.8 Å². The highest BCUT2D eigenvalue weighted by Crippen LogP contribution is 2.24. The van der Waals surface area contributed by atoms with Gasteiger partial charge >= 0.3 is 11.9 Å². The molecule has 4 nitrogen and oxygen atoms in total. The van der Waals surface area contributed by atoms with Gasteiger partial charge < -0.3 is 9.47 Å². The van der Waals surface area contributed by atoms with Crippen LogP contribution in [0.25, 0.3) is 11.1 Å². The van der Waals surface area contributed by atoms with Crippen LogP contribution in [0.3, 0.4) is 0 Å². The van der Waals surface area contributed by atoms with Crippen molar-refractivity contribution >= 4 is 11.9 Å². The molecule has 0 heterocycles. The zero-order valence-corrected chi connectivity index (χ0v) is 11.9. The first kappa shape index (κ1) is 15.6. The van der Waals surface area contributed by atoms with E-state index in [0.717, 1.165) is 26.4 Å². The van der Waals surface area contributed by atoms with Crippen LogP contribution in [0.1, 0.15) is 20.7 Å². The minimum absolute atomic E-state index is 0.210. The molecule has 2 aromatic carbocycles. The normalized spacial score (nSPS) is 10.2. The first-order chi connectivity index (χ1) is 10.5. The number of hydrogen-bond acceptors (Lipinski definition) is 4. The number of esters is 2. The maximum absolute atomic E-state index is 13.9. The predicted octanol–water partition coefficient (Wildman–Crippen LogP) is 3.21. The molecule has 0 radical (unpaired) electrons. The Morgan fingerprint density at radius 2 is 1.14 bits per heavy atom. The van der Waals surface area contributed by atoms with Gasteiger partial charge in [-0.25, -0.2) is 18.4 Å². The molecular weight excluding hydrogens is 294 g/mol. The summed E-state index contributed by atoms with van der Waals surface area (Å²) >= 11 is 0. The lowest BCUT2D eigenvalue weighted by Crippen LogP contribution is -2.05. The van der Waals surface area contributed by atoms with E-state index in [2.05, 4.69) is 9.47 Å². The molecule has 22 heavy (non-hydrogen) atoms. The summed E-state index contributed by atoms with van der Waals surface area (Å²) in [5, 5.41) is 0. The Labute approximate surface area is 125 Å². The molecule has 0 atom stereocenters. The number of rotatable bonds is 3. The van der Waals surface area contributed by atoms with Crippen molar-refractivity contribution in [3.05, 3.63) is 59.2 Å². The van der Waals surface area contributed by atoms with Gasteiger partial charge in [0, 0.05) is 0 Å². The number of carbonyl (C=O) groups is 2. The molecule has 0 spiro atoms. The lowest BCUT2D eigenvalue weighted by molar-refractivity contribution is 0.0586. The molecule has 0 fully saturated rings. The number of ether oxygens (including phenoxy) is 2. The van der Waals surface area contributed by atoms with Crippen LogP contribution in [0.2, 0.25) is 0 Å². The van der Waals surface area contributed by atoms with Gasteiger partial charge in [-0.3, -0.25) is 0 Å². The first-order valence-corrected chi connectivity index (χ1v) is 6.24. The quantitative estimate of drug-likeness (QED) is 0.817. The summed E-state index contributed by atoms with van der Waals surface area (Å²) in [6.07, 6.45) is 0. The summed E-state index contributed by atoms with van der Waals surface area (Å²) in [4.78, 5) is 22.6. The second-order valence-corrected chi connectivity index (χ2v) is 4.37. The van der Waals surface area contributed by atoms with Gasteiger partial charge in [0.1, 0.15) is 11.6 Å². The fraction of sp³-hybridized carbons (Fsp3) is 0.125.